The number of para-hydroxylation sites is 1. The van der Waals surface area contributed by atoms with Crippen molar-refractivity contribution < 1.29 is 4.92 Å². The first-order chi connectivity index (χ1) is 13.9. The fraction of sp³-hybridized carbons (Fsp3) is 0.150. The summed E-state index contributed by atoms with van der Waals surface area (Å²) in [5.41, 5.74) is 4.61. The van der Waals surface area contributed by atoms with Crippen LogP contribution in [0.15, 0.2) is 42.7 Å². The number of hydrogen-bond acceptors (Lipinski definition) is 8. The number of rotatable bonds is 5. The molecule has 0 saturated heterocycles. The largest absolute Gasteiger partial charge is 0.353 e. The number of hydrogen-bond donors (Lipinski definition) is 2. The van der Waals surface area contributed by atoms with Gasteiger partial charge in [0.2, 0.25) is 11.6 Å². The lowest BCUT2D eigenvalue weighted by atomic mass is 10.1. The van der Waals surface area contributed by atoms with E-state index in [-0.39, 0.29) is 17.3 Å². The van der Waals surface area contributed by atoms with Gasteiger partial charge in [-0.15, -0.1) is 0 Å². The van der Waals surface area contributed by atoms with E-state index in [1.165, 1.54) is 17.7 Å². The third kappa shape index (κ3) is 3.72. The minimum atomic E-state index is -0.496. The Morgan fingerprint density at radius 1 is 0.966 bits per heavy atom. The standard InChI is InChI=1S/C20H18N6O2S/c1-11-7-8-14(9-13(11)3)23-18-17(26(27)28)19(22-10-21-18)25-20-24-16-12(2)5-4-6-15(16)29-20/h4-10H,1-3H3,(H2,21,22,23,24,25). The summed E-state index contributed by atoms with van der Waals surface area (Å²) in [6.45, 7) is 5.97. The molecule has 0 fully saturated rings. The van der Waals surface area contributed by atoms with Gasteiger partial charge in [0.05, 0.1) is 15.1 Å². The molecule has 0 radical (unpaired) electrons. The fourth-order valence-corrected chi connectivity index (χ4v) is 3.87. The molecule has 2 N–H and O–H groups in total. The number of nitrogens with one attached hydrogen (secondary N) is 2. The maximum atomic E-state index is 11.8. The Morgan fingerprint density at radius 2 is 1.72 bits per heavy atom. The highest BCUT2D eigenvalue weighted by atomic mass is 32.1. The van der Waals surface area contributed by atoms with E-state index in [1.807, 2.05) is 57.2 Å². The Kier molecular flexibility index (Phi) is 4.81. The molecule has 0 aliphatic carbocycles. The Hall–Kier alpha value is -3.59. The summed E-state index contributed by atoms with van der Waals surface area (Å²) in [6, 6.07) is 11.6. The highest BCUT2D eigenvalue weighted by Crippen LogP contribution is 2.35. The molecule has 29 heavy (non-hydrogen) atoms. The molecular formula is C20H18N6O2S. The zero-order valence-electron chi connectivity index (χ0n) is 16.1. The zero-order valence-corrected chi connectivity index (χ0v) is 16.9. The van der Waals surface area contributed by atoms with Crippen LogP contribution in [0.3, 0.4) is 0 Å². The van der Waals surface area contributed by atoms with Crippen molar-refractivity contribution in [3.63, 3.8) is 0 Å². The van der Waals surface area contributed by atoms with Gasteiger partial charge in [0.1, 0.15) is 6.33 Å². The molecule has 0 aliphatic heterocycles. The molecule has 4 rings (SSSR count). The number of nitrogens with zero attached hydrogens (tertiary/aromatic N) is 4. The molecule has 9 heteroatoms. The second kappa shape index (κ2) is 7.44. The third-order valence-corrected chi connectivity index (χ3v) is 5.56. The van der Waals surface area contributed by atoms with E-state index in [0.717, 1.165) is 32.6 Å². The Morgan fingerprint density at radius 3 is 2.41 bits per heavy atom. The minimum Gasteiger partial charge on any atom is -0.334 e. The molecule has 0 amide bonds. The number of aromatic nitrogens is 3. The SMILES string of the molecule is Cc1ccc(Nc2ncnc(Nc3nc4c(C)cccc4s3)c2[N+](=O)[O-])cc1C. The maximum Gasteiger partial charge on any atom is 0.353 e. The molecule has 8 nitrogen and oxygen atoms in total. The topological polar surface area (TPSA) is 106 Å². The molecule has 0 atom stereocenters. The summed E-state index contributed by atoms with van der Waals surface area (Å²) in [5, 5.41) is 18.4. The van der Waals surface area contributed by atoms with Crippen LogP contribution in [0.1, 0.15) is 16.7 Å². The van der Waals surface area contributed by atoms with Crippen LogP contribution in [0, 0.1) is 30.9 Å². The highest BCUT2D eigenvalue weighted by molar-refractivity contribution is 7.22. The van der Waals surface area contributed by atoms with E-state index in [0.29, 0.717) is 5.13 Å². The second-order valence-corrected chi connectivity index (χ2v) is 7.70. The average molecular weight is 406 g/mol. The molecule has 0 aliphatic rings. The lowest BCUT2D eigenvalue weighted by molar-refractivity contribution is -0.383. The second-order valence-electron chi connectivity index (χ2n) is 6.67. The van der Waals surface area contributed by atoms with Crippen molar-refractivity contribution in [2.24, 2.45) is 0 Å². The van der Waals surface area contributed by atoms with Crippen molar-refractivity contribution in [1.82, 2.24) is 15.0 Å². The summed E-state index contributed by atoms with van der Waals surface area (Å²) in [6.07, 6.45) is 1.29. The van der Waals surface area contributed by atoms with Crippen LogP contribution in [0.25, 0.3) is 10.2 Å². The minimum absolute atomic E-state index is 0.0908. The number of fused-ring (bicyclic) bond motifs is 1. The predicted molar refractivity (Wildman–Crippen MR) is 116 cm³/mol. The zero-order chi connectivity index (χ0) is 20.5. The van der Waals surface area contributed by atoms with Crippen molar-refractivity contribution >= 4 is 49.7 Å². The quantitative estimate of drug-likeness (QED) is 0.337. The van der Waals surface area contributed by atoms with Gasteiger partial charge < -0.3 is 10.6 Å². The molecule has 2 aromatic carbocycles. The summed E-state index contributed by atoms with van der Waals surface area (Å²) in [4.78, 5) is 24.0. The molecule has 0 spiro atoms. The number of nitro groups is 1. The van der Waals surface area contributed by atoms with Crippen LogP contribution < -0.4 is 10.6 Å². The number of anilines is 4. The molecule has 4 aromatic rings. The van der Waals surface area contributed by atoms with E-state index in [2.05, 4.69) is 25.6 Å². The van der Waals surface area contributed by atoms with Gasteiger partial charge in [-0.3, -0.25) is 10.1 Å². The Balaban J connectivity index is 1.71. The molecular weight excluding hydrogens is 388 g/mol. The maximum absolute atomic E-state index is 11.8. The monoisotopic (exact) mass is 406 g/mol. The van der Waals surface area contributed by atoms with Gasteiger partial charge in [-0.05, 0) is 55.7 Å². The van der Waals surface area contributed by atoms with Crippen LogP contribution in [-0.4, -0.2) is 19.9 Å². The van der Waals surface area contributed by atoms with Gasteiger partial charge in [-0.2, -0.15) is 0 Å². The van der Waals surface area contributed by atoms with Gasteiger partial charge in [-0.1, -0.05) is 29.5 Å². The van der Waals surface area contributed by atoms with E-state index < -0.39 is 4.92 Å². The summed E-state index contributed by atoms with van der Waals surface area (Å²) < 4.78 is 0.998. The molecule has 2 aromatic heterocycles. The first kappa shape index (κ1) is 18.8. The number of thiazole rings is 1. The Labute approximate surface area is 170 Å². The van der Waals surface area contributed by atoms with Crippen molar-refractivity contribution in [2.45, 2.75) is 20.8 Å². The van der Waals surface area contributed by atoms with E-state index in [1.54, 1.807) is 0 Å². The molecule has 146 valence electrons. The summed E-state index contributed by atoms with van der Waals surface area (Å²) in [5.74, 6) is 0.209. The van der Waals surface area contributed by atoms with Crippen LogP contribution in [0.2, 0.25) is 0 Å². The number of benzene rings is 2. The number of aryl methyl sites for hydroxylation is 3. The van der Waals surface area contributed by atoms with E-state index in [4.69, 9.17) is 0 Å². The molecule has 2 heterocycles. The lowest BCUT2D eigenvalue weighted by Gasteiger charge is -2.10. The van der Waals surface area contributed by atoms with Crippen LogP contribution >= 0.6 is 11.3 Å². The predicted octanol–water partition coefficient (Wildman–Crippen LogP) is 5.41. The van der Waals surface area contributed by atoms with Gasteiger partial charge in [0.15, 0.2) is 5.13 Å². The van der Waals surface area contributed by atoms with Gasteiger partial charge >= 0.3 is 5.69 Å². The normalized spacial score (nSPS) is 10.9. The highest BCUT2D eigenvalue weighted by Gasteiger charge is 2.24. The van der Waals surface area contributed by atoms with Gasteiger partial charge in [0, 0.05) is 5.69 Å². The van der Waals surface area contributed by atoms with E-state index in [9.17, 15) is 10.1 Å². The molecule has 0 unspecified atom stereocenters. The van der Waals surface area contributed by atoms with Crippen molar-refractivity contribution in [2.75, 3.05) is 10.6 Å². The lowest BCUT2D eigenvalue weighted by Crippen LogP contribution is -2.05. The van der Waals surface area contributed by atoms with Gasteiger partial charge in [-0.25, -0.2) is 15.0 Å². The van der Waals surface area contributed by atoms with Crippen molar-refractivity contribution in [3.8, 4) is 0 Å². The molecule has 0 saturated carbocycles. The smallest absolute Gasteiger partial charge is 0.334 e. The third-order valence-electron chi connectivity index (χ3n) is 4.62. The molecule has 0 bridgehead atoms. The van der Waals surface area contributed by atoms with Crippen LogP contribution in [0.5, 0.6) is 0 Å². The summed E-state index contributed by atoms with van der Waals surface area (Å²) >= 11 is 1.41. The first-order valence-electron chi connectivity index (χ1n) is 8.89. The summed E-state index contributed by atoms with van der Waals surface area (Å²) in [7, 11) is 0. The average Bonchev–Trinajstić information content (AvgIpc) is 3.08. The van der Waals surface area contributed by atoms with Crippen LogP contribution in [-0.2, 0) is 0 Å². The van der Waals surface area contributed by atoms with Crippen molar-refractivity contribution in [3.05, 3.63) is 69.5 Å². The Bertz CT molecular complexity index is 1240. The fourth-order valence-electron chi connectivity index (χ4n) is 2.93. The van der Waals surface area contributed by atoms with Crippen LogP contribution in [0.4, 0.5) is 28.1 Å². The van der Waals surface area contributed by atoms with E-state index >= 15 is 0 Å². The van der Waals surface area contributed by atoms with Crippen molar-refractivity contribution in [1.29, 1.82) is 0 Å². The first-order valence-corrected chi connectivity index (χ1v) is 9.71. The van der Waals surface area contributed by atoms with Gasteiger partial charge in [0.25, 0.3) is 0 Å².